The van der Waals surface area contributed by atoms with Gasteiger partial charge in [-0.15, -0.1) is 23.8 Å². The maximum Gasteiger partial charge on any atom is 1.00 e. The predicted molar refractivity (Wildman–Crippen MR) is 158 cm³/mol. The van der Waals surface area contributed by atoms with Gasteiger partial charge in [0.05, 0.1) is 16.9 Å². The Labute approximate surface area is 351 Å². The molecule has 5 rings (SSSR count). The summed E-state index contributed by atoms with van der Waals surface area (Å²) in [5.41, 5.74) is 2.62. The molecule has 8 bridgehead atoms. The molecule has 4 aromatic carbocycles. The fourth-order valence-electron chi connectivity index (χ4n) is 5.41. The number of methoxy groups -OCH3 is 1. The number of ether oxygens (including phenoxy) is 1. The Morgan fingerprint density at radius 1 is 0.612 bits per heavy atom. The van der Waals surface area contributed by atoms with Crippen molar-refractivity contribution in [3.63, 3.8) is 0 Å². The second-order valence-electron chi connectivity index (χ2n) is 10.5. The Morgan fingerprint density at radius 3 is 1.22 bits per heavy atom. The van der Waals surface area contributed by atoms with Crippen molar-refractivity contribution in [1.29, 1.82) is 0 Å². The average Bonchev–Trinajstić information content (AvgIpc) is 2.93. The Morgan fingerprint density at radius 2 is 0.898 bits per heavy atom. The molecule has 1 aliphatic carbocycles. The molecule has 0 saturated carbocycles. The average molecular weight is 759 g/mol. The van der Waals surface area contributed by atoms with Gasteiger partial charge < -0.3 is 29.2 Å². The van der Waals surface area contributed by atoms with Gasteiger partial charge in [0, 0.05) is 18.6 Å². The van der Waals surface area contributed by atoms with Crippen LogP contribution in [0.2, 0.25) is 0 Å². The van der Waals surface area contributed by atoms with E-state index in [1.165, 1.54) is 13.2 Å². The summed E-state index contributed by atoms with van der Waals surface area (Å²) in [5.74, 6) is -0.496. The summed E-state index contributed by atoms with van der Waals surface area (Å²) >= 11 is 0. The molecule has 0 aliphatic heterocycles. The van der Waals surface area contributed by atoms with Crippen LogP contribution in [0.25, 0.3) is 0 Å². The normalized spacial score (nSPS) is 12.1. The first kappa shape index (κ1) is 45.5. The summed E-state index contributed by atoms with van der Waals surface area (Å²) in [7, 11) is -11.7. The zero-order valence-corrected chi connectivity index (χ0v) is 35.5. The smallest absolute Gasteiger partial charge is 0.744 e. The van der Waals surface area contributed by atoms with Crippen LogP contribution < -0.4 is 93.4 Å². The van der Waals surface area contributed by atoms with Crippen molar-refractivity contribution in [2.24, 2.45) is 0 Å². The molecule has 0 unspecified atom stereocenters. The molecule has 1 aliphatic rings. The van der Waals surface area contributed by atoms with E-state index in [1.54, 1.807) is 12.1 Å². The number of rotatable bonds is 3. The third-order valence-corrected chi connectivity index (χ3v) is 8.92. The number of hydrogen-bond acceptors (Lipinski definition) is 13. The van der Waals surface area contributed by atoms with E-state index in [1.807, 2.05) is 13.0 Å². The van der Waals surface area contributed by atoms with Crippen LogP contribution in [0.3, 0.4) is 0 Å². The van der Waals surface area contributed by atoms with Crippen LogP contribution in [-0.4, -0.2) is 61.0 Å². The van der Waals surface area contributed by atoms with Gasteiger partial charge in [0.1, 0.15) is 37.5 Å². The van der Waals surface area contributed by atoms with E-state index in [0.29, 0.717) is 22.4 Å². The summed E-state index contributed by atoms with van der Waals surface area (Å²) in [5, 5.41) is 33.6. The maximum atomic E-state index is 12.1. The fraction of sp³-hybridized carbons (Fsp3) is 0.200. The van der Waals surface area contributed by atoms with Crippen molar-refractivity contribution in [1.82, 2.24) is 0 Å². The molecule has 0 radical (unpaired) electrons. The van der Waals surface area contributed by atoms with Crippen LogP contribution >= 0.6 is 0 Å². The van der Waals surface area contributed by atoms with Crippen molar-refractivity contribution < 1.29 is 147 Å². The molecule has 0 fully saturated rings. The molecule has 0 heterocycles. The molecule has 4 aromatic rings. The van der Waals surface area contributed by atoms with Crippen molar-refractivity contribution in [2.45, 2.75) is 42.4 Å². The fourth-order valence-corrected chi connectivity index (χ4v) is 6.56. The number of phenols is 3. The second-order valence-corrected chi connectivity index (χ2v) is 13.6. The molecule has 0 spiro atoms. The number of benzene rings is 4. The standard InChI is InChI=1S/C30H27O10S2.3Na.O3S/c1-16-6-23-9-18-5-3-4-17(27(18)31)8-19-12-25(41(34,35)36)13-20(28(19)32)10-21-14-26(42(37,38)39)15-22(29(21)33)11-24(7-16)30(23)40-2;;;;1-4(2)3/h4-7,12-15,31-33H,8-11H2,1-2H3,(H,34,35,36)(H,37,38,39);;;;/q-1;3*+1;/p-2. The van der Waals surface area contributed by atoms with Gasteiger partial charge in [-0.2, -0.15) is 18.2 Å². The molecule has 3 N–H and O–H groups in total. The Balaban J connectivity index is 0.00000163. The van der Waals surface area contributed by atoms with Crippen molar-refractivity contribution in [2.75, 3.05) is 7.11 Å². The van der Waals surface area contributed by atoms with Crippen LogP contribution in [0.15, 0.2) is 58.3 Å². The number of aromatic hydroxyl groups is 3. The summed E-state index contributed by atoms with van der Waals surface area (Å²) in [6, 6.07) is 13.6. The molecular formula is C30H25Na3O13S3. The van der Waals surface area contributed by atoms with Gasteiger partial charge in [0.25, 0.3) is 0 Å². The minimum atomic E-state index is -5.02. The summed E-state index contributed by atoms with van der Waals surface area (Å²) < 4.78 is 103. The van der Waals surface area contributed by atoms with E-state index in [2.05, 4.69) is 6.07 Å². The molecule has 0 aromatic heterocycles. The quantitative estimate of drug-likeness (QED) is 0.0883. The van der Waals surface area contributed by atoms with Gasteiger partial charge in [0.2, 0.25) is 0 Å². The molecule has 244 valence electrons. The molecule has 0 amide bonds. The van der Waals surface area contributed by atoms with Gasteiger partial charge in [-0.1, -0.05) is 17.7 Å². The first-order valence-electron chi connectivity index (χ1n) is 13.1. The summed E-state index contributed by atoms with van der Waals surface area (Å²) in [4.78, 5) is -1.31. The van der Waals surface area contributed by atoms with Gasteiger partial charge >= 0.3 is 99.3 Å². The number of fused-ring (bicyclic) bond motifs is 8. The third kappa shape index (κ3) is 11.3. The van der Waals surface area contributed by atoms with Crippen molar-refractivity contribution in [3.8, 4) is 23.0 Å². The Kier molecular flexibility index (Phi) is 17.0. The van der Waals surface area contributed by atoms with Gasteiger partial charge in [-0.3, -0.25) is 0 Å². The largest absolute Gasteiger partial charge is 1.00 e. The SMILES string of the molecule is COc1c2cc(C)cc1Cc1cc(S(=O)(=O)[O-])cc(c1O)Cc1cc(S(=O)(=O)[O-])cc(c1O)Cc1c[c-]cc(c1O)C2.O=S(=O)=O.[Na+].[Na+].[Na+]. The third-order valence-electron chi connectivity index (χ3n) is 7.30. The second kappa shape index (κ2) is 18.3. The first-order chi connectivity index (χ1) is 21.4. The minimum Gasteiger partial charge on any atom is -0.744 e. The Bertz CT molecular complexity index is 2200. The van der Waals surface area contributed by atoms with Crippen LogP contribution in [0.4, 0.5) is 0 Å². The van der Waals surface area contributed by atoms with E-state index >= 15 is 0 Å². The molecule has 19 heteroatoms. The number of hydrogen-bond donors (Lipinski definition) is 3. The van der Waals surface area contributed by atoms with Crippen LogP contribution in [0, 0.1) is 13.0 Å². The van der Waals surface area contributed by atoms with E-state index in [-0.39, 0.29) is 147 Å². The predicted octanol–water partition coefficient (Wildman–Crippen LogP) is -6.59. The summed E-state index contributed by atoms with van der Waals surface area (Å²) in [6.07, 6.45) is -0.517. The van der Waals surface area contributed by atoms with Crippen LogP contribution in [0.1, 0.15) is 50.1 Å². The van der Waals surface area contributed by atoms with Crippen molar-refractivity contribution in [3.05, 3.63) is 105 Å². The van der Waals surface area contributed by atoms with E-state index < -0.39 is 52.8 Å². The monoisotopic (exact) mass is 758 g/mol. The van der Waals surface area contributed by atoms with E-state index in [0.717, 1.165) is 29.8 Å². The number of aryl methyl sites for hydroxylation is 1. The van der Waals surface area contributed by atoms with Gasteiger partial charge in [-0.25, -0.2) is 16.8 Å². The molecule has 13 nitrogen and oxygen atoms in total. The molecular weight excluding hydrogens is 733 g/mol. The van der Waals surface area contributed by atoms with Crippen LogP contribution in [0.5, 0.6) is 23.0 Å². The molecule has 0 atom stereocenters. The number of phenolic OH excluding ortho intramolecular Hbond substituents is 3. The van der Waals surface area contributed by atoms with Gasteiger partial charge in [-0.05, 0) is 77.4 Å². The first-order valence-corrected chi connectivity index (χ1v) is 17.0. The zero-order valence-electron chi connectivity index (χ0n) is 27.1. The summed E-state index contributed by atoms with van der Waals surface area (Å²) in [6.45, 7) is 1.84. The van der Waals surface area contributed by atoms with Gasteiger partial charge in [0.15, 0.2) is 0 Å². The minimum absolute atomic E-state index is 0. The zero-order chi connectivity index (χ0) is 34.1. The maximum absolute atomic E-state index is 12.1. The van der Waals surface area contributed by atoms with Crippen molar-refractivity contribution >= 4 is 30.8 Å². The Hall–Kier alpha value is -1.48. The van der Waals surface area contributed by atoms with E-state index in [9.17, 15) is 41.3 Å². The molecule has 0 saturated heterocycles. The van der Waals surface area contributed by atoms with E-state index in [4.69, 9.17) is 17.4 Å². The van der Waals surface area contributed by atoms with Crippen LogP contribution in [-0.2, 0) is 56.5 Å². The topological polar surface area (TPSA) is 236 Å². The molecule has 49 heavy (non-hydrogen) atoms.